The highest BCUT2D eigenvalue weighted by atomic mass is 16.5. The molecular weight excluding hydrogens is 388 g/mol. The first-order valence-electron chi connectivity index (χ1n) is 10.1. The highest BCUT2D eigenvalue weighted by Gasteiger charge is 2.26. The van der Waals surface area contributed by atoms with Crippen molar-refractivity contribution in [2.45, 2.75) is 38.1 Å². The van der Waals surface area contributed by atoms with Gasteiger partial charge in [-0.1, -0.05) is 25.0 Å². The topological polar surface area (TPSA) is 103 Å². The number of hydrogen-bond donors (Lipinski definition) is 1. The molecule has 9 heteroatoms. The van der Waals surface area contributed by atoms with E-state index in [1.807, 2.05) is 10.7 Å². The summed E-state index contributed by atoms with van der Waals surface area (Å²) in [6, 6.07) is 9.18. The molecule has 1 aliphatic heterocycles. The number of nitrogens with one attached hydrogen (secondary N) is 1. The summed E-state index contributed by atoms with van der Waals surface area (Å²) in [6.07, 6.45) is 6.04. The van der Waals surface area contributed by atoms with Crippen LogP contribution >= 0.6 is 0 Å². The van der Waals surface area contributed by atoms with Crippen molar-refractivity contribution >= 4 is 29.3 Å². The van der Waals surface area contributed by atoms with E-state index in [0.29, 0.717) is 23.3 Å². The Morgan fingerprint density at radius 2 is 2.00 bits per heavy atom. The van der Waals surface area contributed by atoms with Crippen LogP contribution in [0.15, 0.2) is 36.5 Å². The molecule has 1 aromatic heterocycles. The second-order valence-corrected chi connectivity index (χ2v) is 7.36. The lowest BCUT2D eigenvalue weighted by Gasteiger charge is -2.28. The van der Waals surface area contributed by atoms with Gasteiger partial charge in [0.2, 0.25) is 0 Å². The number of nitrogens with zero attached hydrogens (tertiary/aromatic N) is 3. The van der Waals surface area contributed by atoms with Crippen LogP contribution in [0.5, 0.6) is 5.75 Å². The molecule has 0 spiro atoms. The van der Waals surface area contributed by atoms with Crippen molar-refractivity contribution in [2.24, 2.45) is 0 Å². The molecule has 9 nitrogen and oxygen atoms in total. The second-order valence-electron chi connectivity index (χ2n) is 7.36. The SMILES string of the molecule is O=C(COC(=O)CCN1C(=O)COc2ccccc21)Nc1ccnn1C1CCCC1. The van der Waals surface area contributed by atoms with E-state index in [1.54, 1.807) is 30.5 Å². The average molecular weight is 412 g/mol. The molecular formula is C21H24N4O5. The fourth-order valence-corrected chi connectivity index (χ4v) is 3.85. The molecule has 1 aliphatic carbocycles. The van der Waals surface area contributed by atoms with Gasteiger partial charge in [-0.15, -0.1) is 0 Å². The summed E-state index contributed by atoms with van der Waals surface area (Å²) in [7, 11) is 0. The first kappa shape index (κ1) is 19.9. The van der Waals surface area contributed by atoms with Crippen LogP contribution in [-0.2, 0) is 19.1 Å². The smallest absolute Gasteiger partial charge is 0.308 e. The molecule has 1 N–H and O–H groups in total. The third-order valence-electron chi connectivity index (χ3n) is 5.32. The van der Waals surface area contributed by atoms with Crippen LogP contribution in [0.25, 0.3) is 0 Å². The molecule has 0 atom stereocenters. The Morgan fingerprint density at radius 1 is 1.20 bits per heavy atom. The molecule has 30 heavy (non-hydrogen) atoms. The van der Waals surface area contributed by atoms with Gasteiger partial charge in [0.05, 0.1) is 24.3 Å². The maximum absolute atomic E-state index is 12.2. The third kappa shape index (κ3) is 4.45. The molecule has 0 unspecified atom stereocenters. The lowest BCUT2D eigenvalue weighted by Crippen LogP contribution is -2.40. The Labute approximate surface area is 173 Å². The molecule has 0 saturated heterocycles. The number of amides is 2. The number of carbonyl (C=O) groups is 3. The van der Waals surface area contributed by atoms with Crippen LogP contribution in [0.4, 0.5) is 11.5 Å². The summed E-state index contributed by atoms with van der Waals surface area (Å²) in [5.41, 5.74) is 0.625. The summed E-state index contributed by atoms with van der Waals surface area (Å²) >= 11 is 0. The van der Waals surface area contributed by atoms with E-state index in [-0.39, 0.29) is 32.1 Å². The molecule has 0 radical (unpaired) electrons. The van der Waals surface area contributed by atoms with Crippen LogP contribution in [0.2, 0.25) is 0 Å². The maximum Gasteiger partial charge on any atom is 0.308 e. The first-order valence-corrected chi connectivity index (χ1v) is 10.1. The summed E-state index contributed by atoms with van der Waals surface area (Å²) < 4.78 is 12.3. The highest BCUT2D eigenvalue weighted by molar-refractivity contribution is 5.98. The van der Waals surface area contributed by atoms with Gasteiger partial charge in [0.15, 0.2) is 13.2 Å². The number of esters is 1. The Morgan fingerprint density at radius 3 is 2.83 bits per heavy atom. The maximum atomic E-state index is 12.2. The van der Waals surface area contributed by atoms with Crippen molar-refractivity contribution in [3.63, 3.8) is 0 Å². The number of rotatable bonds is 7. The third-order valence-corrected chi connectivity index (χ3v) is 5.32. The number of anilines is 2. The van der Waals surface area contributed by atoms with Gasteiger partial charge in [-0.3, -0.25) is 14.4 Å². The molecule has 4 rings (SSSR count). The summed E-state index contributed by atoms with van der Waals surface area (Å²) in [5.74, 6) is 0.0173. The lowest BCUT2D eigenvalue weighted by molar-refractivity contribution is -0.147. The number of benzene rings is 1. The fourth-order valence-electron chi connectivity index (χ4n) is 3.85. The molecule has 1 fully saturated rings. The van der Waals surface area contributed by atoms with Crippen LogP contribution in [0, 0.1) is 0 Å². The predicted molar refractivity (Wildman–Crippen MR) is 108 cm³/mol. The van der Waals surface area contributed by atoms with Crippen LogP contribution in [-0.4, -0.2) is 47.3 Å². The number of ether oxygens (including phenoxy) is 2. The fraction of sp³-hybridized carbons (Fsp3) is 0.429. The minimum atomic E-state index is -0.550. The number of aromatic nitrogens is 2. The van der Waals surface area contributed by atoms with Crippen molar-refractivity contribution in [1.29, 1.82) is 0 Å². The Kier molecular flexibility index (Phi) is 5.97. The minimum absolute atomic E-state index is 0.0205. The predicted octanol–water partition coefficient (Wildman–Crippen LogP) is 2.30. The first-order chi connectivity index (χ1) is 14.6. The lowest BCUT2D eigenvalue weighted by atomic mass is 10.2. The molecule has 1 saturated carbocycles. The van der Waals surface area contributed by atoms with Crippen molar-refractivity contribution in [3.05, 3.63) is 36.5 Å². The molecule has 1 aromatic carbocycles. The number of carbonyl (C=O) groups excluding carboxylic acids is 3. The summed E-state index contributed by atoms with van der Waals surface area (Å²) in [6.45, 7) is -0.292. The van der Waals surface area contributed by atoms with Crippen LogP contribution < -0.4 is 15.0 Å². The van der Waals surface area contributed by atoms with Gasteiger partial charge >= 0.3 is 5.97 Å². The summed E-state index contributed by atoms with van der Waals surface area (Å²) in [4.78, 5) is 37.9. The molecule has 158 valence electrons. The Balaban J connectivity index is 1.25. The van der Waals surface area contributed by atoms with Crippen molar-refractivity contribution < 1.29 is 23.9 Å². The van der Waals surface area contributed by atoms with Crippen molar-refractivity contribution in [2.75, 3.05) is 30.0 Å². The Bertz CT molecular complexity index is 935. The van der Waals surface area contributed by atoms with Gasteiger partial charge in [-0.05, 0) is 25.0 Å². The minimum Gasteiger partial charge on any atom is -0.482 e. The van der Waals surface area contributed by atoms with Gasteiger partial charge < -0.3 is 19.7 Å². The summed E-state index contributed by atoms with van der Waals surface area (Å²) in [5, 5.41) is 7.05. The monoisotopic (exact) mass is 412 g/mol. The molecule has 0 bridgehead atoms. The molecule has 2 aromatic rings. The molecule has 2 aliphatic rings. The van der Waals surface area contributed by atoms with E-state index in [1.165, 1.54) is 4.90 Å². The number of para-hydroxylation sites is 2. The highest BCUT2D eigenvalue weighted by Crippen LogP contribution is 2.32. The van der Waals surface area contributed by atoms with E-state index in [2.05, 4.69) is 10.4 Å². The van der Waals surface area contributed by atoms with E-state index in [9.17, 15) is 14.4 Å². The van der Waals surface area contributed by atoms with Crippen LogP contribution in [0.3, 0.4) is 0 Å². The normalized spacial score (nSPS) is 16.1. The quantitative estimate of drug-likeness (QED) is 0.700. The van der Waals surface area contributed by atoms with Gasteiger partial charge in [-0.25, -0.2) is 4.68 Å². The number of hydrogen-bond acceptors (Lipinski definition) is 6. The van der Waals surface area contributed by atoms with Gasteiger partial charge in [-0.2, -0.15) is 5.10 Å². The Hall–Kier alpha value is -3.36. The zero-order chi connectivity index (χ0) is 20.9. The zero-order valence-electron chi connectivity index (χ0n) is 16.6. The van der Waals surface area contributed by atoms with E-state index in [4.69, 9.17) is 9.47 Å². The van der Waals surface area contributed by atoms with Crippen molar-refractivity contribution in [1.82, 2.24) is 9.78 Å². The van der Waals surface area contributed by atoms with Crippen LogP contribution in [0.1, 0.15) is 38.1 Å². The standard InChI is InChI=1S/C21H24N4O5/c26-19(23-18-9-11-22-25(18)15-5-1-2-6-15)13-30-21(28)10-12-24-16-7-3-4-8-17(16)29-14-20(24)27/h3-4,7-9,11,15H,1-2,5-6,10,12-14H2,(H,23,26). The van der Waals surface area contributed by atoms with Gasteiger partial charge in [0, 0.05) is 12.6 Å². The van der Waals surface area contributed by atoms with Gasteiger partial charge in [0.1, 0.15) is 11.6 Å². The second kappa shape index (κ2) is 8.98. The van der Waals surface area contributed by atoms with Gasteiger partial charge in [0.25, 0.3) is 11.8 Å². The largest absolute Gasteiger partial charge is 0.482 e. The van der Waals surface area contributed by atoms with E-state index >= 15 is 0 Å². The van der Waals surface area contributed by atoms with E-state index < -0.39 is 11.9 Å². The van der Waals surface area contributed by atoms with E-state index in [0.717, 1.165) is 25.7 Å². The van der Waals surface area contributed by atoms with Crippen molar-refractivity contribution in [3.8, 4) is 5.75 Å². The molecule has 2 amide bonds. The zero-order valence-corrected chi connectivity index (χ0v) is 16.6. The average Bonchev–Trinajstić information content (AvgIpc) is 3.43. The molecule has 2 heterocycles. The number of fused-ring (bicyclic) bond motifs is 1.